The average Bonchev–Trinajstić information content (AvgIpc) is 2.92. The Morgan fingerprint density at radius 2 is 2.10 bits per heavy atom. The Hall–Kier alpha value is -1.62. The van der Waals surface area contributed by atoms with Gasteiger partial charge in [0.25, 0.3) is 5.91 Å². The monoisotopic (exact) mass is 293 g/mol. The number of carbonyl (C=O) groups excluding carboxylic acids is 1. The molecule has 0 unspecified atom stereocenters. The molecule has 20 heavy (non-hydrogen) atoms. The first-order valence-corrected chi connectivity index (χ1v) is 7.81. The first-order valence-electron chi connectivity index (χ1n) is 6.93. The second-order valence-corrected chi connectivity index (χ2v) is 6.07. The summed E-state index contributed by atoms with van der Waals surface area (Å²) in [5, 5.41) is 13.3. The molecule has 0 radical (unpaired) electrons. The first kappa shape index (κ1) is 14.8. The van der Waals surface area contributed by atoms with E-state index < -0.39 is 5.97 Å². The van der Waals surface area contributed by atoms with Crippen molar-refractivity contribution in [2.45, 2.75) is 32.1 Å². The molecule has 0 saturated heterocycles. The Bertz CT molecular complexity index is 501. The highest BCUT2D eigenvalue weighted by Crippen LogP contribution is 2.23. The highest BCUT2D eigenvalue weighted by atomic mass is 32.1. The Morgan fingerprint density at radius 1 is 1.35 bits per heavy atom. The number of nitrogens with one attached hydrogen (secondary N) is 1. The van der Waals surface area contributed by atoms with Crippen LogP contribution in [0.3, 0.4) is 0 Å². The Morgan fingerprint density at radius 3 is 2.80 bits per heavy atom. The van der Waals surface area contributed by atoms with Crippen molar-refractivity contribution in [3.63, 3.8) is 0 Å². The largest absolute Gasteiger partial charge is 0.478 e. The van der Waals surface area contributed by atoms with Gasteiger partial charge in [0.05, 0.1) is 5.56 Å². The van der Waals surface area contributed by atoms with Crippen molar-refractivity contribution in [2.24, 2.45) is 5.92 Å². The Labute approximate surface area is 122 Å². The van der Waals surface area contributed by atoms with E-state index in [2.05, 4.69) is 5.32 Å². The number of aliphatic carboxylic acids is 1. The van der Waals surface area contributed by atoms with Crippen LogP contribution in [0, 0.1) is 5.92 Å². The van der Waals surface area contributed by atoms with Gasteiger partial charge in [-0.2, -0.15) is 0 Å². The van der Waals surface area contributed by atoms with Gasteiger partial charge in [0.1, 0.15) is 0 Å². The minimum atomic E-state index is -0.985. The van der Waals surface area contributed by atoms with Crippen LogP contribution in [-0.2, 0) is 4.79 Å². The molecule has 4 nitrogen and oxygen atoms in total. The van der Waals surface area contributed by atoms with E-state index >= 15 is 0 Å². The number of hydrogen-bond acceptors (Lipinski definition) is 3. The molecule has 1 fully saturated rings. The lowest BCUT2D eigenvalue weighted by molar-refractivity contribution is -0.131. The SMILES string of the molecule is O=C(O)C=Cc1cc(C(=O)NCC2CCCCC2)cs1. The Kier molecular flexibility index (Phi) is 5.35. The number of amides is 1. The molecule has 1 amide bonds. The average molecular weight is 293 g/mol. The zero-order valence-corrected chi connectivity index (χ0v) is 12.1. The molecule has 1 heterocycles. The molecule has 0 spiro atoms. The van der Waals surface area contributed by atoms with Crippen molar-refractivity contribution in [2.75, 3.05) is 6.54 Å². The maximum absolute atomic E-state index is 12.0. The van der Waals surface area contributed by atoms with Gasteiger partial charge in [-0.15, -0.1) is 11.3 Å². The molecule has 1 aliphatic rings. The number of carboxylic acid groups (broad SMARTS) is 1. The fourth-order valence-electron chi connectivity index (χ4n) is 2.44. The fraction of sp³-hybridized carbons (Fsp3) is 0.467. The summed E-state index contributed by atoms with van der Waals surface area (Å²) in [6, 6.07) is 1.72. The minimum Gasteiger partial charge on any atom is -0.478 e. The van der Waals surface area contributed by atoms with Gasteiger partial charge >= 0.3 is 5.97 Å². The van der Waals surface area contributed by atoms with Gasteiger partial charge in [-0.25, -0.2) is 4.79 Å². The third-order valence-corrected chi connectivity index (χ3v) is 4.45. The smallest absolute Gasteiger partial charge is 0.328 e. The summed E-state index contributed by atoms with van der Waals surface area (Å²) < 4.78 is 0. The summed E-state index contributed by atoms with van der Waals surface area (Å²) in [6.07, 6.45) is 8.84. The zero-order chi connectivity index (χ0) is 14.4. The van der Waals surface area contributed by atoms with E-state index in [1.807, 2.05) is 0 Å². The summed E-state index contributed by atoms with van der Waals surface area (Å²) in [7, 11) is 0. The highest BCUT2D eigenvalue weighted by Gasteiger charge is 2.15. The molecule has 0 bridgehead atoms. The van der Waals surface area contributed by atoms with Crippen molar-refractivity contribution in [1.82, 2.24) is 5.32 Å². The summed E-state index contributed by atoms with van der Waals surface area (Å²) >= 11 is 1.37. The van der Waals surface area contributed by atoms with E-state index in [9.17, 15) is 9.59 Å². The number of carbonyl (C=O) groups is 2. The molecule has 0 aliphatic heterocycles. The van der Waals surface area contributed by atoms with E-state index in [1.165, 1.54) is 49.5 Å². The number of thiophene rings is 1. The standard InChI is InChI=1S/C15H19NO3S/c17-14(18)7-6-13-8-12(10-20-13)15(19)16-9-11-4-2-1-3-5-11/h6-8,10-11H,1-5,9H2,(H,16,19)(H,17,18). The number of carboxylic acids is 1. The molecular formula is C15H19NO3S. The van der Waals surface area contributed by atoms with Crippen LogP contribution >= 0.6 is 11.3 Å². The van der Waals surface area contributed by atoms with Crippen LogP contribution in [0.2, 0.25) is 0 Å². The van der Waals surface area contributed by atoms with Crippen molar-refractivity contribution >= 4 is 29.3 Å². The summed E-state index contributed by atoms with van der Waals surface area (Å²) in [5.74, 6) is -0.443. The molecule has 0 aromatic carbocycles. The molecule has 2 rings (SSSR count). The zero-order valence-electron chi connectivity index (χ0n) is 11.3. The fourth-order valence-corrected chi connectivity index (χ4v) is 3.22. The van der Waals surface area contributed by atoms with E-state index in [1.54, 1.807) is 11.4 Å². The minimum absolute atomic E-state index is 0.0678. The van der Waals surface area contributed by atoms with E-state index in [-0.39, 0.29) is 5.91 Å². The number of rotatable bonds is 5. The third kappa shape index (κ3) is 4.49. The van der Waals surface area contributed by atoms with Crippen LogP contribution in [0.1, 0.15) is 47.3 Å². The topological polar surface area (TPSA) is 66.4 Å². The van der Waals surface area contributed by atoms with Crippen LogP contribution in [0.5, 0.6) is 0 Å². The van der Waals surface area contributed by atoms with Crippen molar-refractivity contribution in [1.29, 1.82) is 0 Å². The summed E-state index contributed by atoms with van der Waals surface area (Å²) in [6.45, 7) is 0.745. The van der Waals surface area contributed by atoms with Gasteiger partial charge in [-0.3, -0.25) is 4.79 Å². The van der Waals surface area contributed by atoms with Crippen molar-refractivity contribution < 1.29 is 14.7 Å². The van der Waals surface area contributed by atoms with Gasteiger partial charge in [-0.1, -0.05) is 19.3 Å². The van der Waals surface area contributed by atoms with Crippen molar-refractivity contribution in [3.05, 3.63) is 28.0 Å². The van der Waals surface area contributed by atoms with Crippen LogP contribution in [0.4, 0.5) is 0 Å². The lowest BCUT2D eigenvalue weighted by atomic mass is 9.89. The normalized spacial score (nSPS) is 16.4. The van der Waals surface area contributed by atoms with Crippen LogP contribution in [0.25, 0.3) is 6.08 Å². The maximum atomic E-state index is 12.0. The van der Waals surface area contributed by atoms with Gasteiger partial charge < -0.3 is 10.4 Å². The molecule has 5 heteroatoms. The van der Waals surface area contributed by atoms with Crippen molar-refractivity contribution in [3.8, 4) is 0 Å². The Balaban J connectivity index is 1.84. The van der Waals surface area contributed by atoms with Crippen LogP contribution < -0.4 is 5.32 Å². The summed E-state index contributed by atoms with van der Waals surface area (Å²) in [5.41, 5.74) is 0.607. The third-order valence-electron chi connectivity index (χ3n) is 3.55. The van der Waals surface area contributed by atoms with Crippen LogP contribution in [-0.4, -0.2) is 23.5 Å². The van der Waals surface area contributed by atoms with Gasteiger partial charge in [0, 0.05) is 22.9 Å². The molecule has 108 valence electrons. The van der Waals surface area contributed by atoms with Gasteiger partial charge in [0.15, 0.2) is 0 Å². The molecule has 1 saturated carbocycles. The van der Waals surface area contributed by atoms with Gasteiger partial charge in [0.2, 0.25) is 0 Å². The highest BCUT2D eigenvalue weighted by molar-refractivity contribution is 7.11. The lowest BCUT2D eigenvalue weighted by Gasteiger charge is -2.21. The molecule has 1 aromatic heterocycles. The first-order chi connectivity index (χ1) is 9.65. The molecule has 1 aliphatic carbocycles. The van der Waals surface area contributed by atoms with E-state index in [4.69, 9.17) is 5.11 Å². The van der Waals surface area contributed by atoms with Crippen LogP contribution in [0.15, 0.2) is 17.5 Å². The second-order valence-electron chi connectivity index (χ2n) is 5.12. The van der Waals surface area contributed by atoms with E-state index in [0.717, 1.165) is 17.5 Å². The second kappa shape index (κ2) is 7.24. The summed E-state index contributed by atoms with van der Waals surface area (Å²) in [4.78, 5) is 23.2. The molecular weight excluding hydrogens is 274 g/mol. The van der Waals surface area contributed by atoms with E-state index in [0.29, 0.717) is 11.5 Å². The predicted molar refractivity (Wildman–Crippen MR) is 79.9 cm³/mol. The number of hydrogen-bond donors (Lipinski definition) is 2. The molecule has 2 N–H and O–H groups in total. The predicted octanol–water partition coefficient (Wildman–Crippen LogP) is 3.16. The maximum Gasteiger partial charge on any atom is 0.328 e. The quantitative estimate of drug-likeness (QED) is 0.820. The lowest BCUT2D eigenvalue weighted by Crippen LogP contribution is -2.29. The van der Waals surface area contributed by atoms with Gasteiger partial charge in [-0.05, 0) is 30.9 Å². The molecule has 1 aromatic rings. The molecule has 0 atom stereocenters.